The number of hydrogen-bond acceptors (Lipinski definition) is 4. The molecule has 1 aromatic heterocycles. The first kappa shape index (κ1) is 13.7. The van der Waals surface area contributed by atoms with Crippen LogP contribution in [0.25, 0.3) is 16.9 Å². The first-order chi connectivity index (χ1) is 11.3. The molecule has 5 heteroatoms. The van der Waals surface area contributed by atoms with Gasteiger partial charge in [0.25, 0.3) is 0 Å². The van der Waals surface area contributed by atoms with Crippen LogP contribution in [0.2, 0.25) is 0 Å². The maximum Gasteiger partial charge on any atom is 0.164 e. The smallest absolute Gasteiger partial charge is 0.164 e. The molecule has 1 aliphatic heterocycles. The molecule has 0 saturated heterocycles. The molecule has 5 nitrogen and oxygen atoms in total. The number of nitrogens with two attached hydrogens (primary N) is 1. The first-order valence-electron chi connectivity index (χ1n) is 7.61. The number of rotatable bonds is 3. The highest BCUT2D eigenvalue weighted by Crippen LogP contribution is 2.23. The summed E-state index contributed by atoms with van der Waals surface area (Å²) in [5.74, 6) is 6.85. The highest BCUT2D eigenvalue weighted by Gasteiger charge is 2.22. The molecule has 2 aromatic carbocycles. The van der Waals surface area contributed by atoms with E-state index in [1.165, 1.54) is 0 Å². The molecule has 0 fully saturated rings. The number of hydrazine groups is 1. The molecule has 2 heterocycles. The summed E-state index contributed by atoms with van der Waals surface area (Å²) in [6.07, 6.45) is 0. The average molecular weight is 303 g/mol. The topological polar surface area (TPSA) is 59.4 Å². The van der Waals surface area contributed by atoms with Crippen molar-refractivity contribution < 1.29 is 0 Å². The number of amidine groups is 1. The lowest BCUT2D eigenvalue weighted by molar-refractivity contribution is 0.482. The zero-order chi connectivity index (χ0) is 15.6. The Balaban J connectivity index is 1.88. The lowest BCUT2D eigenvalue weighted by atomic mass is 10.1. The van der Waals surface area contributed by atoms with E-state index in [0.717, 1.165) is 35.0 Å². The Morgan fingerprint density at radius 1 is 0.913 bits per heavy atom. The summed E-state index contributed by atoms with van der Waals surface area (Å²) >= 11 is 0. The van der Waals surface area contributed by atoms with Crippen LogP contribution >= 0.6 is 0 Å². The third-order valence-corrected chi connectivity index (χ3v) is 3.88. The maximum atomic E-state index is 6.07. The quantitative estimate of drug-likeness (QED) is 0.756. The van der Waals surface area contributed by atoms with Gasteiger partial charge in [0.15, 0.2) is 5.84 Å². The van der Waals surface area contributed by atoms with Crippen LogP contribution in [0.15, 0.2) is 71.7 Å². The van der Waals surface area contributed by atoms with Gasteiger partial charge in [-0.1, -0.05) is 48.5 Å². The van der Waals surface area contributed by atoms with Gasteiger partial charge in [0.05, 0.1) is 24.5 Å². The molecule has 0 unspecified atom stereocenters. The predicted molar refractivity (Wildman–Crippen MR) is 91.3 cm³/mol. The van der Waals surface area contributed by atoms with Gasteiger partial charge in [-0.2, -0.15) is 5.10 Å². The SMILES string of the molecule is NN1CCN=C1c1cc(-c2ccccc2)nn1-c1ccccc1. The normalized spacial score (nSPS) is 14.1. The summed E-state index contributed by atoms with van der Waals surface area (Å²) in [5.41, 5.74) is 3.89. The molecule has 0 aliphatic carbocycles. The lowest BCUT2D eigenvalue weighted by Gasteiger charge is -2.14. The van der Waals surface area contributed by atoms with E-state index in [1.54, 1.807) is 5.01 Å². The minimum absolute atomic E-state index is 0.715. The van der Waals surface area contributed by atoms with E-state index >= 15 is 0 Å². The van der Waals surface area contributed by atoms with Gasteiger partial charge >= 0.3 is 0 Å². The van der Waals surface area contributed by atoms with Crippen molar-refractivity contribution in [2.75, 3.05) is 13.1 Å². The molecular formula is C18H17N5. The molecule has 0 bridgehead atoms. The van der Waals surface area contributed by atoms with Crippen LogP contribution in [-0.2, 0) is 0 Å². The van der Waals surface area contributed by atoms with Crippen LogP contribution in [-0.4, -0.2) is 33.7 Å². The Bertz CT molecular complexity index is 836. The Labute approximate surface area is 134 Å². The predicted octanol–water partition coefficient (Wildman–Crippen LogP) is 2.48. The number of hydrogen-bond donors (Lipinski definition) is 1. The Morgan fingerprint density at radius 3 is 2.26 bits per heavy atom. The van der Waals surface area contributed by atoms with Gasteiger partial charge in [-0.15, -0.1) is 0 Å². The third-order valence-electron chi connectivity index (χ3n) is 3.88. The fourth-order valence-corrected chi connectivity index (χ4v) is 2.74. The summed E-state index contributed by atoms with van der Waals surface area (Å²) in [6.45, 7) is 1.45. The van der Waals surface area contributed by atoms with Gasteiger partial charge in [0, 0.05) is 5.56 Å². The lowest BCUT2D eigenvalue weighted by Crippen LogP contribution is -2.36. The van der Waals surface area contributed by atoms with Crippen LogP contribution in [0.5, 0.6) is 0 Å². The molecule has 0 radical (unpaired) electrons. The molecular weight excluding hydrogens is 286 g/mol. The molecule has 2 N–H and O–H groups in total. The molecule has 3 aromatic rings. The van der Waals surface area contributed by atoms with Crippen LogP contribution in [0.4, 0.5) is 0 Å². The molecule has 0 atom stereocenters. The number of benzene rings is 2. The number of aliphatic imine (C=N–C) groups is 1. The molecule has 114 valence electrons. The summed E-state index contributed by atoms with van der Waals surface area (Å²) in [4.78, 5) is 4.54. The van der Waals surface area contributed by atoms with Crippen molar-refractivity contribution in [1.29, 1.82) is 0 Å². The summed E-state index contributed by atoms with van der Waals surface area (Å²) in [6, 6.07) is 22.2. The van der Waals surface area contributed by atoms with Gasteiger partial charge < -0.3 is 0 Å². The van der Waals surface area contributed by atoms with Gasteiger partial charge in [0.1, 0.15) is 5.69 Å². The molecule has 1 aliphatic rings. The summed E-state index contributed by atoms with van der Waals surface area (Å²) < 4.78 is 1.91. The van der Waals surface area contributed by atoms with Gasteiger partial charge in [-0.3, -0.25) is 10.0 Å². The van der Waals surface area contributed by atoms with Crippen molar-refractivity contribution in [3.05, 3.63) is 72.4 Å². The zero-order valence-corrected chi connectivity index (χ0v) is 12.6. The molecule has 0 amide bonds. The van der Waals surface area contributed by atoms with E-state index in [2.05, 4.69) is 17.1 Å². The van der Waals surface area contributed by atoms with E-state index < -0.39 is 0 Å². The maximum absolute atomic E-state index is 6.07. The van der Waals surface area contributed by atoms with E-state index in [-0.39, 0.29) is 0 Å². The van der Waals surface area contributed by atoms with E-state index in [0.29, 0.717) is 6.54 Å². The van der Waals surface area contributed by atoms with Crippen LogP contribution < -0.4 is 5.84 Å². The second-order valence-electron chi connectivity index (χ2n) is 5.43. The number of para-hydroxylation sites is 1. The molecule has 4 rings (SSSR count). The van der Waals surface area contributed by atoms with Crippen LogP contribution in [0.1, 0.15) is 5.69 Å². The second kappa shape index (κ2) is 5.70. The minimum Gasteiger partial charge on any atom is -0.291 e. The molecule has 0 spiro atoms. The highest BCUT2D eigenvalue weighted by molar-refractivity contribution is 5.99. The van der Waals surface area contributed by atoms with E-state index in [4.69, 9.17) is 10.9 Å². The van der Waals surface area contributed by atoms with Crippen molar-refractivity contribution in [1.82, 2.24) is 14.8 Å². The van der Waals surface area contributed by atoms with Crippen molar-refractivity contribution in [3.63, 3.8) is 0 Å². The van der Waals surface area contributed by atoms with Gasteiger partial charge in [0.2, 0.25) is 0 Å². The summed E-state index contributed by atoms with van der Waals surface area (Å²) in [7, 11) is 0. The fraction of sp³-hybridized carbons (Fsp3) is 0.111. The largest absolute Gasteiger partial charge is 0.291 e. The average Bonchev–Trinajstić information content (AvgIpc) is 3.22. The highest BCUT2D eigenvalue weighted by atomic mass is 15.5. The Kier molecular flexibility index (Phi) is 3.40. The standard InChI is InChI=1S/C18H17N5/c19-22-12-11-20-18(22)17-13-16(14-7-3-1-4-8-14)21-23(17)15-9-5-2-6-10-15/h1-10,13H,11-12,19H2. The van der Waals surface area contributed by atoms with Crippen molar-refractivity contribution in [3.8, 4) is 16.9 Å². The van der Waals surface area contributed by atoms with Crippen molar-refractivity contribution in [2.45, 2.75) is 0 Å². The first-order valence-corrected chi connectivity index (χ1v) is 7.61. The van der Waals surface area contributed by atoms with Crippen molar-refractivity contribution >= 4 is 5.84 Å². The Hall–Kier alpha value is -2.92. The number of nitrogens with zero attached hydrogens (tertiary/aromatic N) is 4. The summed E-state index contributed by atoms with van der Waals surface area (Å²) in [5, 5.41) is 6.47. The Morgan fingerprint density at radius 2 is 1.61 bits per heavy atom. The van der Waals surface area contributed by atoms with Crippen LogP contribution in [0, 0.1) is 0 Å². The zero-order valence-electron chi connectivity index (χ0n) is 12.6. The van der Waals surface area contributed by atoms with E-state index in [9.17, 15) is 0 Å². The van der Waals surface area contributed by atoms with Crippen molar-refractivity contribution in [2.24, 2.45) is 10.8 Å². The molecule has 0 saturated carbocycles. The second-order valence-corrected chi connectivity index (χ2v) is 5.43. The van der Waals surface area contributed by atoms with Gasteiger partial charge in [-0.05, 0) is 18.2 Å². The monoisotopic (exact) mass is 303 g/mol. The third kappa shape index (κ3) is 2.51. The molecule has 23 heavy (non-hydrogen) atoms. The van der Waals surface area contributed by atoms with Gasteiger partial charge in [-0.25, -0.2) is 10.5 Å². The minimum atomic E-state index is 0.715. The fourth-order valence-electron chi connectivity index (χ4n) is 2.74. The van der Waals surface area contributed by atoms with E-state index in [1.807, 2.05) is 59.3 Å². The number of aromatic nitrogens is 2. The van der Waals surface area contributed by atoms with Crippen LogP contribution in [0.3, 0.4) is 0 Å².